The Morgan fingerprint density at radius 3 is 2.44 bits per heavy atom. The van der Waals surface area contributed by atoms with Crippen molar-refractivity contribution in [3.05, 3.63) is 35.4 Å². The summed E-state index contributed by atoms with van der Waals surface area (Å²) in [6, 6.07) is 2.36. The van der Waals surface area contributed by atoms with Crippen LogP contribution in [0.3, 0.4) is 0 Å². The number of halogens is 2. The Kier molecular flexibility index (Phi) is 2.42. The van der Waals surface area contributed by atoms with Crippen molar-refractivity contribution in [2.75, 3.05) is 0 Å². The van der Waals surface area contributed by atoms with Gasteiger partial charge in [0, 0.05) is 5.41 Å². The molecule has 0 aliphatic heterocycles. The van der Waals surface area contributed by atoms with Crippen molar-refractivity contribution in [3.8, 4) is 0 Å². The van der Waals surface area contributed by atoms with Crippen molar-refractivity contribution < 1.29 is 18.7 Å². The highest BCUT2D eigenvalue weighted by Gasteiger charge is 2.52. The van der Waals surface area contributed by atoms with Gasteiger partial charge < -0.3 is 10.8 Å². The molecule has 0 heterocycles. The third-order valence-electron chi connectivity index (χ3n) is 3.14. The van der Waals surface area contributed by atoms with Crippen LogP contribution in [-0.4, -0.2) is 17.1 Å². The molecule has 0 amide bonds. The topological polar surface area (TPSA) is 63.3 Å². The summed E-state index contributed by atoms with van der Waals surface area (Å²) >= 11 is 0. The number of aliphatic carboxylic acids is 1. The molecule has 0 aromatic heterocycles. The predicted molar refractivity (Wildman–Crippen MR) is 52.9 cm³/mol. The van der Waals surface area contributed by atoms with E-state index in [1.54, 1.807) is 0 Å². The van der Waals surface area contributed by atoms with Crippen LogP contribution < -0.4 is 5.73 Å². The number of carboxylic acids is 1. The number of nitrogens with two attached hydrogens (primary N) is 1. The van der Waals surface area contributed by atoms with Crippen molar-refractivity contribution in [2.24, 2.45) is 5.73 Å². The van der Waals surface area contributed by atoms with Crippen molar-refractivity contribution in [2.45, 2.75) is 24.3 Å². The summed E-state index contributed by atoms with van der Waals surface area (Å²) in [5.41, 5.74) is 5.30. The van der Waals surface area contributed by atoms with Gasteiger partial charge in [-0.1, -0.05) is 6.07 Å². The lowest BCUT2D eigenvalue weighted by atomic mass is 9.88. The van der Waals surface area contributed by atoms with Crippen LogP contribution in [0, 0.1) is 11.6 Å². The lowest BCUT2D eigenvalue weighted by Crippen LogP contribution is -2.42. The first-order valence-corrected chi connectivity index (χ1v) is 4.91. The van der Waals surface area contributed by atoms with Crippen LogP contribution in [0.4, 0.5) is 8.78 Å². The summed E-state index contributed by atoms with van der Waals surface area (Å²) < 4.78 is 25.8. The summed E-state index contributed by atoms with van der Waals surface area (Å²) in [7, 11) is 0. The van der Waals surface area contributed by atoms with E-state index in [2.05, 4.69) is 0 Å². The van der Waals surface area contributed by atoms with Gasteiger partial charge in [-0.3, -0.25) is 4.79 Å². The number of hydrogen-bond donors (Lipinski definition) is 2. The first-order chi connectivity index (χ1) is 7.47. The molecule has 0 bridgehead atoms. The average Bonchev–Trinajstić information content (AvgIpc) is 3.02. The second kappa shape index (κ2) is 3.52. The molecule has 0 saturated heterocycles. The van der Waals surface area contributed by atoms with Crippen LogP contribution in [0.1, 0.15) is 18.4 Å². The molecule has 0 radical (unpaired) electrons. The Labute approximate surface area is 90.9 Å². The number of carbonyl (C=O) groups is 1. The molecule has 1 aromatic rings. The predicted octanol–water partition coefficient (Wildman–Crippen LogP) is 1.41. The van der Waals surface area contributed by atoms with Crippen LogP contribution in [0.5, 0.6) is 0 Å². The third kappa shape index (κ3) is 1.57. The van der Waals surface area contributed by atoms with Crippen LogP contribution in [0.15, 0.2) is 18.2 Å². The van der Waals surface area contributed by atoms with E-state index in [4.69, 9.17) is 10.8 Å². The largest absolute Gasteiger partial charge is 0.480 e. The van der Waals surface area contributed by atoms with E-state index in [-0.39, 0.29) is 0 Å². The van der Waals surface area contributed by atoms with Gasteiger partial charge in [0.15, 0.2) is 11.6 Å². The van der Waals surface area contributed by atoms with Crippen molar-refractivity contribution in [3.63, 3.8) is 0 Å². The van der Waals surface area contributed by atoms with E-state index in [1.165, 1.54) is 6.07 Å². The Hall–Kier alpha value is -1.49. The zero-order chi connectivity index (χ0) is 11.9. The molecule has 86 valence electrons. The standard InChI is InChI=1S/C11H11F2NO2/c12-7-2-1-6(5-8(7)13)11(3-4-11)9(14)10(15)16/h1-2,5,9H,3-4,14H2,(H,15,16). The number of hydrogen-bond acceptors (Lipinski definition) is 2. The Morgan fingerprint density at radius 1 is 1.38 bits per heavy atom. The maximum Gasteiger partial charge on any atom is 0.321 e. The molecule has 3 nitrogen and oxygen atoms in total. The number of rotatable bonds is 3. The molecule has 1 atom stereocenters. The van der Waals surface area contributed by atoms with Crippen LogP contribution in [-0.2, 0) is 10.2 Å². The molecule has 2 rings (SSSR count). The zero-order valence-electron chi connectivity index (χ0n) is 8.41. The monoisotopic (exact) mass is 227 g/mol. The molecule has 1 saturated carbocycles. The molecule has 0 spiro atoms. The van der Waals surface area contributed by atoms with Crippen molar-refractivity contribution in [1.29, 1.82) is 0 Å². The molecule has 1 unspecified atom stereocenters. The highest BCUT2D eigenvalue weighted by Crippen LogP contribution is 2.50. The first-order valence-electron chi connectivity index (χ1n) is 4.91. The molecular formula is C11H11F2NO2. The minimum Gasteiger partial charge on any atom is -0.480 e. The second-order valence-electron chi connectivity index (χ2n) is 4.10. The molecule has 1 aliphatic rings. The fourth-order valence-corrected chi connectivity index (χ4v) is 1.96. The molecule has 1 fully saturated rings. The van der Waals surface area contributed by atoms with Crippen LogP contribution >= 0.6 is 0 Å². The highest BCUT2D eigenvalue weighted by molar-refractivity contribution is 5.77. The van der Waals surface area contributed by atoms with Gasteiger partial charge in [-0.2, -0.15) is 0 Å². The summed E-state index contributed by atoms with van der Waals surface area (Å²) in [6.45, 7) is 0. The number of carboxylic acid groups (broad SMARTS) is 1. The minimum absolute atomic E-state index is 0.460. The fraction of sp³-hybridized carbons (Fsp3) is 0.364. The quantitative estimate of drug-likeness (QED) is 0.820. The van der Waals surface area contributed by atoms with Gasteiger partial charge in [0.1, 0.15) is 6.04 Å². The van der Waals surface area contributed by atoms with Crippen LogP contribution in [0.25, 0.3) is 0 Å². The lowest BCUT2D eigenvalue weighted by molar-refractivity contribution is -0.139. The maximum absolute atomic E-state index is 13.0. The van der Waals surface area contributed by atoms with Gasteiger partial charge in [0.2, 0.25) is 0 Å². The van der Waals surface area contributed by atoms with Crippen molar-refractivity contribution in [1.82, 2.24) is 0 Å². The van der Waals surface area contributed by atoms with E-state index < -0.39 is 29.1 Å². The highest BCUT2D eigenvalue weighted by atomic mass is 19.2. The molecular weight excluding hydrogens is 216 g/mol. The normalized spacial score (nSPS) is 19.2. The Bertz CT molecular complexity index is 444. The minimum atomic E-state index is -1.12. The second-order valence-corrected chi connectivity index (χ2v) is 4.10. The molecule has 1 aromatic carbocycles. The smallest absolute Gasteiger partial charge is 0.321 e. The summed E-state index contributed by atoms with van der Waals surface area (Å²) in [6.07, 6.45) is 1.18. The summed E-state index contributed by atoms with van der Waals surface area (Å²) in [4.78, 5) is 10.8. The molecule has 1 aliphatic carbocycles. The van der Waals surface area contributed by atoms with E-state index in [0.717, 1.165) is 12.1 Å². The molecule has 5 heteroatoms. The number of benzene rings is 1. The SMILES string of the molecule is NC(C(=O)O)C1(c2ccc(F)c(F)c2)CC1. The Morgan fingerprint density at radius 2 is 2.00 bits per heavy atom. The van der Waals surface area contributed by atoms with Gasteiger partial charge in [0.25, 0.3) is 0 Å². The third-order valence-corrected chi connectivity index (χ3v) is 3.14. The first kappa shape index (κ1) is 11.0. The van der Waals surface area contributed by atoms with E-state index in [0.29, 0.717) is 18.4 Å². The molecule has 16 heavy (non-hydrogen) atoms. The van der Waals surface area contributed by atoms with Gasteiger partial charge >= 0.3 is 5.97 Å². The van der Waals surface area contributed by atoms with E-state index >= 15 is 0 Å². The molecule has 3 N–H and O–H groups in total. The maximum atomic E-state index is 13.0. The van der Waals surface area contributed by atoms with Gasteiger partial charge in [-0.05, 0) is 30.5 Å². The van der Waals surface area contributed by atoms with Crippen LogP contribution in [0.2, 0.25) is 0 Å². The summed E-state index contributed by atoms with van der Waals surface area (Å²) in [5.74, 6) is -3.04. The lowest BCUT2D eigenvalue weighted by Gasteiger charge is -2.20. The van der Waals surface area contributed by atoms with Gasteiger partial charge in [-0.25, -0.2) is 8.78 Å². The Balaban J connectivity index is 2.37. The van der Waals surface area contributed by atoms with Crippen molar-refractivity contribution >= 4 is 5.97 Å². The van der Waals surface area contributed by atoms with E-state index in [1.807, 2.05) is 0 Å². The van der Waals surface area contributed by atoms with Gasteiger partial charge in [0.05, 0.1) is 0 Å². The summed E-state index contributed by atoms with van der Waals surface area (Å²) in [5, 5.41) is 8.85. The fourth-order valence-electron chi connectivity index (χ4n) is 1.96. The average molecular weight is 227 g/mol. The zero-order valence-corrected chi connectivity index (χ0v) is 8.41. The van der Waals surface area contributed by atoms with Gasteiger partial charge in [-0.15, -0.1) is 0 Å². The van der Waals surface area contributed by atoms with E-state index in [9.17, 15) is 13.6 Å².